The molecule has 0 aromatic carbocycles. The minimum Gasteiger partial charge on any atom is -0.559 e. The van der Waals surface area contributed by atoms with Crippen molar-refractivity contribution < 1.29 is 14.7 Å². The summed E-state index contributed by atoms with van der Waals surface area (Å²) in [6, 6.07) is 0. The van der Waals surface area contributed by atoms with Gasteiger partial charge in [0.2, 0.25) is 0 Å². The zero-order chi connectivity index (χ0) is 12.1. The number of hydrogen-bond acceptors (Lipinski definition) is 3. The van der Waals surface area contributed by atoms with E-state index in [2.05, 4.69) is 20.8 Å². The second kappa shape index (κ2) is 3.47. The summed E-state index contributed by atoms with van der Waals surface area (Å²) in [5, 5.41) is 19.8. The summed E-state index contributed by atoms with van der Waals surface area (Å²) in [6.45, 7) is 10.3. The van der Waals surface area contributed by atoms with Crippen LogP contribution in [-0.4, -0.2) is 23.4 Å². The predicted molar refractivity (Wildman–Crippen MR) is 62.3 cm³/mol. The third-order valence-corrected chi connectivity index (χ3v) is 3.53. The van der Waals surface area contributed by atoms with Gasteiger partial charge in [-0.05, 0) is 11.3 Å². The van der Waals surface area contributed by atoms with Gasteiger partial charge in [0.15, 0.2) is 0 Å². The van der Waals surface area contributed by atoms with Gasteiger partial charge in [-0.15, -0.1) is 0 Å². The Kier molecular flexibility index (Phi) is 3.01. The van der Waals surface area contributed by atoms with Crippen LogP contribution in [0.3, 0.4) is 0 Å². The molecule has 0 saturated carbocycles. The van der Waals surface area contributed by atoms with E-state index in [9.17, 15) is 10.0 Å². The Morgan fingerprint density at radius 3 is 1.73 bits per heavy atom. The first kappa shape index (κ1) is 13.0. The van der Waals surface area contributed by atoms with Gasteiger partial charge < -0.3 is 14.7 Å². The van der Waals surface area contributed by atoms with E-state index >= 15 is 0 Å². The lowest BCUT2D eigenvalue weighted by Gasteiger charge is -2.45. The van der Waals surface area contributed by atoms with E-state index < -0.39 is 6.75 Å². The highest BCUT2D eigenvalue weighted by Crippen LogP contribution is 2.53. The molecule has 15 heavy (non-hydrogen) atoms. The Balaban J connectivity index is 3.03. The Morgan fingerprint density at radius 2 is 1.47 bits per heavy atom. The van der Waals surface area contributed by atoms with Crippen LogP contribution in [0.25, 0.3) is 0 Å². The quantitative estimate of drug-likeness (QED) is 0.608. The summed E-state index contributed by atoms with van der Waals surface area (Å²) >= 11 is 0. The molecule has 1 aliphatic heterocycles. The second-order valence-corrected chi connectivity index (χ2v) is 6.96. The second-order valence-electron chi connectivity index (χ2n) is 6.96. The van der Waals surface area contributed by atoms with Gasteiger partial charge in [0.25, 0.3) is 0 Å². The van der Waals surface area contributed by atoms with Gasteiger partial charge in [-0.2, -0.15) is 0 Å². The third-order valence-electron chi connectivity index (χ3n) is 3.53. The zero-order valence-electron chi connectivity index (χ0n) is 10.7. The molecule has 0 bridgehead atoms. The van der Waals surface area contributed by atoms with Crippen LogP contribution in [0.4, 0.5) is 0 Å². The van der Waals surface area contributed by atoms with E-state index in [1.165, 1.54) is 0 Å². The third kappa shape index (κ3) is 2.55. The highest BCUT2D eigenvalue weighted by atomic mass is 16.6. The lowest BCUT2D eigenvalue weighted by Crippen LogP contribution is -2.46. The van der Waals surface area contributed by atoms with Crippen LogP contribution in [0.5, 0.6) is 0 Å². The van der Waals surface area contributed by atoms with Gasteiger partial charge in [-0.1, -0.05) is 52.8 Å². The normalized spacial score (nSPS) is 32.0. The van der Waals surface area contributed by atoms with Crippen molar-refractivity contribution in [1.29, 1.82) is 0 Å². The summed E-state index contributed by atoms with van der Waals surface area (Å²) in [4.78, 5) is 0. The molecule has 0 aliphatic carbocycles. The van der Waals surface area contributed by atoms with Crippen LogP contribution in [0.1, 0.15) is 41.5 Å². The van der Waals surface area contributed by atoms with Crippen molar-refractivity contribution in [3.63, 3.8) is 0 Å². The smallest absolute Gasteiger partial charge is 0.378 e. The Labute approximate surface area is 92.8 Å². The summed E-state index contributed by atoms with van der Waals surface area (Å²) < 4.78 is 5.19. The van der Waals surface area contributed by atoms with E-state index in [0.717, 1.165) is 0 Å². The summed E-state index contributed by atoms with van der Waals surface area (Å²) in [5.74, 6) is -0.00926. The van der Waals surface area contributed by atoms with Crippen molar-refractivity contribution >= 4 is 6.75 Å². The van der Waals surface area contributed by atoms with E-state index in [0.29, 0.717) is 6.61 Å². The summed E-state index contributed by atoms with van der Waals surface area (Å²) in [5.41, 5.74) is -0.120. The van der Waals surface area contributed by atoms with Crippen molar-refractivity contribution in [3.8, 4) is 0 Å². The molecule has 1 aliphatic rings. The van der Waals surface area contributed by atoms with E-state index in [-0.39, 0.29) is 22.6 Å². The van der Waals surface area contributed by atoms with Crippen LogP contribution in [0.2, 0.25) is 5.82 Å². The minimum atomic E-state index is -2.65. The highest BCUT2D eigenvalue weighted by Gasteiger charge is 2.52. The Hall–Kier alpha value is -0.0551. The zero-order valence-corrected chi connectivity index (χ0v) is 10.7. The molecule has 1 saturated heterocycles. The molecular formula is C11H24BO3-. The van der Waals surface area contributed by atoms with Crippen LogP contribution in [0.15, 0.2) is 0 Å². The lowest BCUT2D eigenvalue weighted by atomic mass is 9.48. The van der Waals surface area contributed by atoms with Crippen LogP contribution in [-0.2, 0) is 4.65 Å². The standard InChI is InChI=1S/C11H24BO3/c1-10(2,3)8-7-15-12(13,14)9(8)11(4,5)6/h8-9,13-14H,7H2,1-6H3/q-1. The molecule has 2 N–H and O–H groups in total. The van der Waals surface area contributed by atoms with Crippen molar-refractivity contribution in [1.82, 2.24) is 0 Å². The first-order chi connectivity index (χ1) is 6.46. The highest BCUT2D eigenvalue weighted by molar-refractivity contribution is 6.60. The fraction of sp³-hybridized carbons (Fsp3) is 1.00. The first-order valence-electron chi connectivity index (χ1n) is 5.69. The van der Waals surface area contributed by atoms with E-state index in [1.807, 2.05) is 20.8 Å². The van der Waals surface area contributed by atoms with E-state index in [4.69, 9.17) is 4.65 Å². The molecule has 90 valence electrons. The molecule has 0 amide bonds. The molecule has 2 unspecified atom stereocenters. The largest absolute Gasteiger partial charge is 0.559 e. The maximum Gasteiger partial charge on any atom is 0.378 e. The maximum absolute atomic E-state index is 9.92. The van der Waals surface area contributed by atoms with Crippen molar-refractivity contribution in [3.05, 3.63) is 0 Å². The monoisotopic (exact) mass is 215 g/mol. The molecule has 0 spiro atoms. The van der Waals surface area contributed by atoms with Crippen LogP contribution in [0, 0.1) is 16.7 Å². The topological polar surface area (TPSA) is 49.7 Å². The van der Waals surface area contributed by atoms with Gasteiger partial charge in [0.1, 0.15) is 0 Å². The minimum absolute atomic E-state index is 0.0346. The molecular weight excluding hydrogens is 191 g/mol. The molecule has 0 radical (unpaired) electrons. The molecule has 3 nitrogen and oxygen atoms in total. The van der Waals surface area contributed by atoms with Gasteiger partial charge >= 0.3 is 6.75 Å². The number of hydrogen-bond donors (Lipinski definition) is 2. The van der Waals surface area contributed by atoms with Gasteiger partial charge in [0.05, 0.1) is 0 Å². The summed E-state index contributed by atoms with van der Waals surface area (Å²) in [6.07, 6.45) is 0. The molecule has 2 atom stereocenters. The Bertz CT molecular complexity index is 237. The molecule has 0 aromatic heterocycles. The maximum atomic E-state index is 9.92. The predicted octanol–water partition coefficient (Wildman–Crippen LogP) is 2.02. The van der Waals surface area contributed by atoms with Crippen LogP contribution < -0.4 is 0 Å². The Morgan fingerprint density at radius 1 is 1.00 bits per heavy atom. The SMILES string of the molecule is CC(C)(C)C1CO[B-](O)(O)C1C(C)(C)C. The molecule has 1 fully saturated rings. The lowest BCUT2D eigenvalue weighted by molar-refractivity contribution is 0.147. The average Bonchev–Trinajstić information content (AvgIpc) is 2.21. The average molecular weight is 215 g/mol. The molecule has 1 heterocycles. The van der Waals surface area contributed by atoms with Gasteiger partial charge in [-0.25, -0.2) is 0 Å². The van der Waals surface area contributed by atoms with Crippen LogP contribution >= 0.6 is 0 Å². The molecule has 4 heteroatoms. The van der Waals surface area contributed by atoms with Crippen molar-refractivity contribution in [2.75, 3.05) is 6.61 Å². The first-order valence-corrected chi connectivity index (χ1v) is 5.69. The summed E-state index contributed by atoms with van der Waals surface area (Å²) in [7, 11) is 0. The fourth-order valence-electron chi connectivity index (χ4n) is 2.80. The molecule has 0 aromatic rings. The van der Waals surface area contributed by atoms with Gasteiger partial charge in [0, 0.05) is 6.61 Å². The van der Waals surface area contributed by atoms with Crippen molar-refractivity contribution in [2.24, 2.45) is 16.7 Å². The molecule has 1 rings (SSSR count). The number of rotatable bonds is 0. The fourth-order valence-corrected chi connectivity index (χ4v) is 2.80. The van der Waals surface area contributed by atoms with Crippen molar-refractivity contribution in [2.45, 2.75) is 47.4 Å². The van der Waals surface area contributed by atoms with Gasteiger partial charge in [-0.3, -0.25) is 0 Å². The van der Waals surface area contributed by atoms with E-state index in [1.54, 1.807) is 0 Å².